The molecule has 0 bridgehead atoms. The predicted octanol–water partition coefficient (Wildman–Crippen LogP) is 1.23. The van der Waals surface area contributed by atoms with Gasteiger partial charge in [0.15, 0.2) is 0 Å². The van der Waals surface area contributed by atoms with Gasteiger partial charge in [0.1, 0.15) is 5.75 Å². The summed E-state index contributed by atoms with van der Waals surface area (Å²) < 4.78 is 10.7. The largest absolute Gasteiger partial charge is 0.497 e. The maximum absolute atomic E-state index is 9.80. The number of hydrogen-bond acceptors (Lipinski definition) is 4. The van der Waals surface area contributed by atoms with Crippen LogP contribution in [0.4, 0.5) is 0 Å². The molecule has 1 fully saturated rings. The van der Waals surface area contributed by atoms with Crippen molar-refractivity contribution in [2.45, 2.75) is 12.5 Å². The van der Waals surface area contributed by atoms with Gasteiger partial charge in [-0.2, -0.15) is 0 Å². The van der Waals surface area contributed by atoms with Crippen molar-refractivity contribution in [2.24, 2.45) is 5.41 Å². The van der Waals surface area contributed by atoms with Gasteiger partial charge in [-0.1, -0.05) is 6.07 Å². The standard InChI is InChI=1S/C15H21NO3/c1-16-6-5-11-7-12(18-2)3-4-13(11)14(16)15(8-17)9-19-10-15/h3-4,7,14,17H,5-6,8-10H2,1-2H3. The lowest BCUT2D eigenvalue weighted by Crippen LogP contribution is -2.56. The summed E-state index contributed by atoms with van der Waals surface area (Å²) >= 11 is 0. The van der Waals surface area contributed by atoms with Crippen LogP contribution in [0.15, 0.2) is 18.2 Å². The number of benzene rings is 1. The van der Waals surface area contributed by atoms with Gasteiger partial charge in [-0.25, -0.2) is 0 Å². The van der Waals surface area contributed by atoms with E-state index in [1.54, 1.807) is 7.11 Å². The topological polar surface area (TPSA) is 41.9 Å². The highest BCUT2D eigenvalue weighted by molar-refractivity contribution is 5.40. The van der Waals surface area contributed by atoms with Crippen LogP contribution in [0.5, 0.6) is 5.75 Å². The van der Waals surface area contributed by atoms with Crippen molar-refractivity contribution < 1.29 is 14.6 Å². The van der Waals surface area contributed by atoms with Gasteiger partial charge in [-0.15, -0.1) is 0 Å². The summed E-state index contributed by atoms with van der Waals surface area (Å²) in [6.45, 7) is 2.47. The van der Waals surface area contributed by atoms with Crippen LogP contribution in [0.2, 0.25) is 0 Å². The van der Waals surface area contributed by atoms with Crippen molar-refractivity contribution in [3.63, 3.8) is 0 Å². The maximum Gasteiger partial charge on any atom is 0.119 e. The fourth-order valence-electron chi connectivity index (χ4n) is 3.35. The van der Waals surface area contributed by atoms with Gasteiger partial charge >= 0.3 is 0 Å². The SMILES string of the molecule is COc1ccc2c(c1)CCN(C)C2C1(CO)COC1. The van der Waals surface area contributed by atoms with Crippen molar-refractivity contribution in [3.8, 4) is 5.75 Å². The zero-order valence-corrected chi connectivity index (χ0v) is 11.6. The highest BCUT2D eigenvalue weighted by Crippen LogP contribution is 2.46. The number of ether oxygens (including phenoxy) is 2. The summed E-state index contributed by atoms with van der Waals surface area (Å²) in [5.74, 6) is 0.907. The van der Waals surface area contributed by atoms with E-state index in [1.165, 1.54) is 11.1 Å². The van der Waals surface area contributed by atoms with Crippen LogP contribution in [0, 0.1) is 5.41 Å². The summed E-state index contributed by atoms with van der Waals surface area (Å²) in [6.07, 6.45) is 1.03. The number of fused-ring (bicyclic) bond motifs is 1. The molecule has 4 nitrogen and oxygen atoms in total. The normalized spacial score (nSPS) is 25.5. The summed E-state index contributed by atoms with van der Waals surface area (Å²) in [7, 11) is 3.83. The summed E-state index contributed by atoms with van der Waals surface area (Å²) in [4.78, 5) is 2.34. The lowest BCUT2D eigenvalue weighted by Gasteiger charge is -2.51. The van der Waals surface area contributed by atoms with E-state index < -0.39 is 0 Å². The van der Waals surface area contributed by atoms with Crippen LogP contribution in [0.25, 0.3) is 0 Å². The van der Waals surface area contributed by atoms with Gasteiger partial charge in [0, 0.05) is 12.6 Å². The van der Waals surface area contributed by atoms with E-state index in [1.807, 2.05) is 6.07 Å². The third-order valence-corrected chi connectivity index (χ3v) is 4.49. The van der Waals surface area contributed by atoms with Crippen molar-refractivity contribution in [3.05, 3.63) is 29.3 Å². The van der Waals surface area contributed by atoms with Crippen molar-refractivity contribution in [1.82, 2.24) is 4.90 Å². The van der Waals surface area contributed by atoms with E-state index in [-0.39, 0.29) is 18.1 Å². The molecule has 1 aromatic carbocycles. The molecule has 1 atom stereocenters. The van der Waals surface area contributed by atoms with Gasteiger partial charge in [-0.3, -0.25) is 4.90 Å². The Kier molecular flexibility index (Phi) is 3.25. The van der Waals surface area contributed by atoms with Crippen LogP contribution in [-0.2, 0) is 11.2 Å². The second kappa shape index (κ2) is 4.78. The Morgan fingerprint density at radius 3 is 2.84 bits per heavy atom. The molecule has 19 heavy (non-hydrogen) atoms. The second-order valence-corrected chi connectivity index (χ2v) is 5.71. The maximum atomic E-state index is 9.80. The molecule has 104 valence electrons. The second-order valence-electron chi connectivity index (χ2n) is 5.71. The first-order valence-corrected chi connectivity index (χ1v) is 6.76. The Balaban J connectivity index is 2.01. The Bertz CT molecular complexity index is 465. The molecule has 1 aromatic rings. The Morgan fingerprint density at radius 2 is 2.26 bits per heavy atom. The number of aliphatic hydroxyl groups is 1. The van der Waals surface area contributed by atoms with E-state index in [9.17, 15) is 5.11 Å². The highest BCUT2D eigenvalue weighted by atomic mass is 16.5. The van der Waals surface area contributed by atoms with E-state index in [0.717, 1.165) is 18.7 Å². The monoisotopic (exact) mass is 263 g/mol. The van der Waals surface area contributed by atoms with E-state index in [4.69, 9.17) is 9.47 Å². The van der Waals surface area contributed by atoms with Crippen LogP contribution >= 0.6 is 0 Å². The summed E-state index contributed by atoms with van der Waals surface area (Å²) in [5.41, 5.74) is 2.51. The fourth-order valence-corrected chi connectivity index (χ4v) is 3.35. The molecular weight excluding hydrogens is 242 g/mol. The van der Waals surface area contributed by atoms with E-state index in [2.05, 4.69) is 24.1 Å². The van der Waals surface area contributed by atoms with Gasteiger partial charge in [0.05, 0.1) is 32.3 Å². The number of nitrogens with zero attached hydrogens (tertiary/aromatic N) is 1. The minimum absolute atomic E-state index is 0.140. The van der Waals surface area contributed by atoms with Gasteiger partial charge in [0.2, 0.25) is 0 Å². The quantitative estimate of drug-likeness (QED) is 0.891. The molecule has 2 aliphatic heterocycles. The van der Waals surface area contributed by atoms with Crippen molar-refractivity contribution in [2.75, 3.05) is 40.5 Å². The Morgan fingerprint density at radius 1 is 1.47 bits per heavy atom. The molecular formula is C15H21NO3. The number of likely N-dealkylation sites (N-methyl/N-ethyl adjacent to an activating group) is 1. The van der Waals surface area contributed by atoms with Crippen LogP contribution < -0.4 is 4.74 Å². The molecule has 1 unspecified atom stereocenters. The Hall–Kier alpha value is -1.10. The number of rotatable bonds is 3. The molecule has 2 aliphatic rings. The first kappa shape index (κ1) is 12.9. The average Bonchev–Trinajstić information content (AvgIpc) is 2.40. The molecule has 2 heterocycles. The molecule has 0 aromatic heterocycles. The summed E-state index contributed by atoms with van der Waals surface area (Å²) in [5, 5.41) is 9.80. The molecule has 1 N–H and O–H groups in total. The number of aliphatic hydroxyl groups excluding tert-OH is 1. The average molecular weight is 263 g/mol. The number of methoxy groups -OCH3 is 1. The fraction of sp³-hybridized carbons (Fsp3) is 0.600. The van der Waals surface area contributed by atoms with Crippen LogP contribution in [-0.4, -0.2) is 50.5 Å². The molecule has 4 heteroatoms. The molecule has 0 aliphatic carbocycles. The van der Waals surface area contributed by atoms with Crippen molar-refractivity contribution >= 4 is 0 Å². The first-order chi connectivity index (χ1) is 9.20. The smallest absolute Gasteiger partial charge is 0.119 e. The van der Waals surface area contributed by atoms with Gasteiger partial charge in [-0.05, 0) is 36.7 Å². The first-order valence-electron chi connectivity index (χ1n) is 6.76. The number of hydrogen-bond donors (Lipinski definition) is 1. The zero-order valence-electron chi connectivity index (χ0n) is 11.6. The molecule has 0 saturated carbocycles. The molecule has 0 radical (unpaired) electrons. The minimum Gasteiger partial charge on any atom is -0.497 e. The molecule has 0 spiro atoms. The van der Waals surface area contributed by atoms with Crippen molar-refractivity contribution in [1.29, 1.82) is 0 Å². The van der Waals surface area contributed by atoms with E-state index in [0.29, 0.717) is 13.2 Å². The van der Waals surface area contributed by atoms with E-state index >= 15 is 0 Å². The van der Waals surface area contributed by atoms with Crippen LogP contribution in [0.1, 0.15) is 17.2 Å². The third-order valence-electron chi connectivity index (χ3n) is 4.49. The van der Waals surface area contributed by atoms with Crippen LogP contribution in [0.3, 0.4) is 0 Å². The minimum atomic E-state index is -0.140. The molecule has 3 rings (SSSR count). The molecule has 0 amide bonds. The lowest BCUT2D eigenvalue weighted by atomic mass is 9.72. The summed E-state index contributed by atoms with van der Waals surface area (Å²) in [6, 6.07) is 6.51. The lowest BCUT2D eigenvalue weighted by molar-refractivity contribution is -0.176. The molecule has 1 saturated heterocycles. The third kappa shape index (κ3) is 1.95. The highest BCUT2D eigenvalue weighted by Gasteiger charge is 2.49. The Labute approximate surface area is 113 Å². The van der Waals surface area contributed by atoms with Gasteiger partial charge in [0.25, 0.3) is 0 Å². The zero-order chi connectivity index (χ0) is 13.5. The van der Waals surface area contributed by atoms with Gasteiger partial charge < -0.3 is 14.6 Å². The predicted molar refractivity (Wildman–Crippen MR) is 72.4 cm³/mol.